The number of nitrogens with zero attached hydrogens (tertiary/aromatic N) is 5. The van der Waals surface area contributed by atoms with Gasteiger partial charge in [-0.1, -0.05) is 19.2 Å². The zero-order valence-electron chi connectivity index (χ0n) is 17.1. The summed E-state index contributed by atoms with van der Waals surface area (Å²) in [5.74, 6) is 1.35. The van der Waals surface area contributed by atoms with Crippen LogP contribution >= 0.6 is 0 Å². The summed E-state index contributed by atoms with van der Waals surface area (Å²) in [6.45, 7) is 8.48. The van der Waals surface area contributed by atoms with Crippen molar-refractivity contribution in [1.82, 2.24) is 20.3 Å². The van der Waals surface area contributed by atoms with Gasteiger partial charge in [0.2, 0.25) is 0 Å². The molecule has 1 aliphatic carbocycles. The van der Waals surface area contributed by atoms with Crippen LogP contribution in [0.1, 0.15) is 29.2 Å². The number of fused-ring (bicyclic) bond motifs is 1. The van der Waals surface area contributed by atoms with Crippen molar-refractivity contribution in [3.8, 4) is 0 Å². The van der Waals surface area contributed by atoms with E-state index in [4.69, 9.17) is 0 Å². The molecule has 152 valence electrons. The molecule has 0 aliphatic heterocycles. The highest BCUT2D eigenvalue weighted by atomic mass is 16.1. The zero-order chi connectivity index (χ0) is 21.1. The third-order valence-electron chi connectivity index (χ3n) is 4.36. The van der Waals surface area contributed by atoms with E-state index in [9.17, 15) is 4.79 Å². The van der Waals surface area contributed by atoms with Crippen molar-refractivity contribution in [3.63, 3.8) is 0 Å². The van der Waals surface area contributed by atoms with Crippen molar-refractivity contribution in [2.45, 2.75) is 25.8 Å². The molecular formula is C22H28N6O. The second kappa shape index (κ2) is 11.6. The molecule has 0 aromatic carbocycles. The molecule has 0 fully saturated rings. The number of aldehydes is 1. The Kier molecular flexibility index (Phi) is 8.85. The van der Waals surface area contributed by atoms with E-state index in [0.717, 1.165) is 54.9 Å². The molecule has 0 unspecified atom stereocenters. The summed E-state index contributed by atoms with van der Waals surface area (Å²) in [4.78, 5) is 29.9. The van der Waals surface area contributed by atoms with Gasteiger partial charge in [-0.3, -0.25) is 9.98 Å². The molecular weight excluding hydrogens is 364 g/mol. The Balaban J connectivity index is 0.000000278. The lowest BCUT2D eigenvalue weighted by Crippen LogP contribution is -2.24. The molecule has 1 aliphatic rings. The highest BCUT2D eigenvalue weighted by Crippen LogP contribution is 2.28. The lowest BCUT2D eigenvalue weighted by Gasteiger charge is -2.19. The molecule has 0 amide bonds. The molecule has 7 heteroatoms. The van der Waals surface area contributed by atoms with E-state index < -0.39 is 0 Å². The van der Waals surface area contributed by atoms with E-state index in [1.54, 1.807) is 12.3 Å². The Morgan fingerprint density at radius 1 is 1.31 bits per heavy atom. The fourth-order valence-corrected chi connectivity index (χ4v) is 3.03. The van der Waals surface area contributed by atoms with Crippen LogP contribution in [-0.4, -0.2) is 47.6 Å². The van der Waals surface area contributed by atoms with E-state index in [2.05, 4.69) is 38.4 Å². The second-order valence-corrected chi connectivity index (χ2v) is 6.45. The molecule has 2 heterocycles. The third kappa shape index (κ3) is 6.15. The van der Waals surface area contributed by atoms with E-state index in [1.165, 1.54) is 6.20 Å². The number of rotatable bonds is 8. The van der Waals surface area contributed by atoms with Crippen LogP contribution in [0, 0.1) is 0 Å². The fourth-order valence-electron chi connectivity index (χ4n) is 3.03. The summed E-state index contributed by atoms with van der Waals surface area (Å²) >= 11 is 0. The maximum atomic E-state index is 10.7. The quantitative estimate of drug-likeness (QED) is 0.549. The SMILES string of the molecule is C=CN=C(C=C)c1nc2c(c(N(C)CC=O)n1)CCC2.CNCc1ccccn1. The number of hydrogen-bond acceptors (Lipinski definition) is 7. The Hall–Kier alpha value is -3.19. The summed E-state index contributed by atoms with van der Waals surface area (Å²) in [5.41, 5.74) is 3.86. The molecule has 0 atom stereocenters. The number of aliphatic imine (C=N–C) groups is 1. The second-order valence-electron chi connectivity index (χ2n) is 6.45. The molecule has 0 radical (unpaired) electrons. The minimum Gasteiger partial charge on any atom is -0.352 e. The minimum atomic E-state index is 0.310. The predicted molar refractivity (Wildman–Crippen MR) is 117 cm³/mol. The molecule has 29 heavy (non-hydrogen) atoms. The third-order valence-corrected chi connectivity index (χ3v) is 4.36. The summed E-state index contributed by atoms with van der Waals surface area (Å²) < 4.78 is 0. The van der Waals surface area contributed by atoms with Gasteiger partial charge in [0.05, 0.1) is 12.2 Å². The van der Waals surface area contributed by atoms with E-state index in [-0.39, 0.29) is 0 Å². The number of carbonyl (C=O) groups is 1. The average Bonchev–Trinajstić information content (AvgIpc) is 3.21. The van der Waals surface area contributed by atoms with Gasteiger partial charge in [0.25, 0.3) is 0 Å². The fraction of sp³-hybridized carbons (Fsp3) is 0.318. The zero-order valence-corrected chi connectivity index (χ0v) is 17.1. The first-order chi connectivity index (χ1) is 14.1. The van der Waals surface area contributed by atoms with Crippen molar-refractivity contribution >= 4 is 17.8 Å². The first kappa shape index (κ1) is 22.1. The van der Waals surface area contributed by atoms with Crippen molar-refractivity contribution in [2.24, 2.45) is 4.99 Å². The standard InChI is InChI=1S/C15H18N4O.C7H10N2/c1-4-12(16-5-2)14-17-13-8-6-7-11(13)15(18-14)19(3)9-10-20;1-8-6-7-4-2-3-5-9-7/h4-5,10H,1-2,6-9H2,3H3;2-5,8H,6H2,1H3. The van der Waals surface area contributed by atoms with Crippen LogP contribution in [0.3, 0.4) is 0 Å². The van der Waals surface area contributed by atoms with Gasteiger partial charge < -0.3 is 15.0 Å². The van der Waals surface area contributed by atoms with Crippen molar-refractivity contribution < 1.29 is 4.79 Å². The van der Waals surface area contributed by atoms with Crippen LogP contribution in [0.5, 0.6) is 0 Å². The predicted octanol–water partition coefficient (Wildman–Crippen LogP) is 2.52. The number of aromatic nitrogens is 3. The molecule has 2 aromatic heterocycles. The molecule has 7 nitrogen and oxygen atoms in total. The van der Waals surface area contributed by atoms with Crippen LogP contribution in [0.4, 0.5) is 5.82 Å². The largest absolute Gasteiger partial charge is 0.352 e. The Labute approximate surface area is 172 Å². The van der Waals surface area contributed by atoms with Crippen LogP contribution in [0.2, 0.25) is 0 Å². The van der Waals surface area contributed by atoms with Gasteiger partial charge in [0.1, 0.15) is 17.8 Å². The summed E-state index contributed by atoms with van der Waals surface area (Å²) in [7, 11) is 3.77. The van der Waals surface area contributed by atoms with Gasteiger partial charge in [0, 0.05) is 37.2 Å². The summed E-state index contributed by atoms with van der Waals surface area (Å²) in [6, 6.07) is 5.90. The number of carbonyl (C=O) groups excluding carboxylic acids is 1. The van der Waals surface area contributed by atoms with E-state index in [0.29, 0.717) is 18.1 Å². The van der Waals surface area contributed by atoms with E-state index in [1.807, 2.05) is 37.2 Å². The lowest BCUT2D eigenvalue weighted by molar-refractivity contribution is -0.106. The average molecular weight is 393 g/mol. The normalized spacial score (nSPS) is 12.4. The van der Waals surface area contributed by atoms with Crippen molar-refractivity contribution in [3.05, 3.63) is 72.6 Å². The Bertz CT molecular complexity index is 863. The first-order valence-electron chi connectivity index (χ1n) is 9.55. The monoisotopic (exact) mass is 392 g/mol. The number of pyridine rings is 1. The molecule has 0 bridgehead atoms. The number of aryl methyl sites for hydroxylation is 1. The minimum absolute atomic E-state index is 0.310. The topological polar surface area (TPSA) is 83.4 Å². The Morgan fingerprint density at radius 3 is 2.76 bits per heavy atom. The van der Waals surface area contributed by atoms with Gasteiger partial charge in [-0.2, -0.15) is 0 Å². The van der Waals surface area contributed by atoms with Gasteiger partial charge in [-0.15, -0.1) is 0 Å². The van der Waals surface area contributed by atoms with Crippen molar-refractivity contribution in [1.29, 1.82) is 0 Å². The number of nitrogens with one attached hydrogen (secondary N) is 1. The summed E-state index contributed by atoms with van der Waals surface area (Å²) in [5, 5.41) is 3.02. The van der Waals surface area contributed by atoms with E-state index >= 15 is 0 Å². The Morgan fingerprint density at radius 2 is 2.14 bits per heavy atom. The van der Waals surface area contributed by atoms with Gasteiger partial charge in [-0.25, -0.2) is 9.97 Å². The van der Waals surface area contributed by atoms with Crippen molar-refractivity contribution in [2.75, 3.05) is 25.5 Å². The van der Waals surface area contributed by atoms with Gasteiger partial charge >= 0.3 is 0 Å². The number of anilines is 1. The number of likely N-dealkylation sites (N-methyl/N-ethyl adjacent to an activating group) is 1. The highest BCUT2D eigenvalue weighted by molar-refractivity contribution is 6.06. The first-order valence-corrected chi connectivity index (χ1v) is 9.55. The molecule has 3 rings (SSSR count). The van der Waals surface area contributed by atoms with Crippen LogP contribution < -0.4 is 10.2 Å². The lowest BCUT2D eigenvalue weighted by atomic mass is 10.2. The highest BCUT2D eigenvalue weighted by Gasteiger charge is 2.22. The number of allylic oxidation sites excluding steroid dienone is 1. The molecule has 0 saturated heterocycles. The van der Waals surface area contributed by atoms with Crippen LogP contribution in [-0.2, 0) is 24.2 Å². The van der Waals surface area contributed by atoms with Crippen LogP contribution in [0.25, 0.3) is 0 Å². The van der Waals surface area contributed by atoms with Crippen LogP contribution in [0.15, 0.2) is 54.8 Å². The molecule has 0 spiro atoms. The maximum absolute atomic E-state index is 10.7. The molecule has 2 aromatic rings. The molecule has 1 N–H and O–H groups in total. The van der Waals surface area contributed by atoms with Gasteiger partial charge in [-0.05, 0) is 44.5 Å². The smallest absolute Gasteiger partial charge is 0.180 e. The summed E-state index contributed by atoms with van der Waals surface area (Å²) in [6.07, 6.45) is 8.69. The number of hydrogen-bond donors (Lipinski definition) is 1. The maximum Gasteiger partial charge on any atom is 0.180 e. The van der Waals surface area contributed by atoms with Gasteiger partial charge in [0.15, 0.2) is 5.82 Å². The molecule has 0 saturated carbocycles.